The van der Waals surface area contributed by atoms with Crippen LogP contribution in [0.5, 0.6) is 5.88 Å². The predicted octanol–water partition coefficient (Wildman–Crippen LogP) is 2.93. The van der Waals surface area contributed by atoms with E-state index < -0.39 is 16.0 Å². The van der Waals surface area contributed by atoms with Crippen molar-refractivity contribution in [1.29, 1.82) is 0 Å². The molecule has 0 unspecified atom stereocenters. The average Bonchev–Trinajstić information content (AvgIpc) is 2.77. The minimum Gasteiger partial charge on any atom is -0.473 e. The lowest BCUT2D eigenvalue weighted by molar-refractivity contribution is 0.0600. The molecule has 1 aromatic heterocycles. The van der Waals surface area contributed by atoms with E-state index >= 15 is 0 Å². The minimum absolute atomic E-state index is 0.0185. The van der Waals surface area contributed by atoms with Gasteiger partial charge in [0.25, 0.3) is 0 Å². The molecule has 29 heavy (non-hydrogen) atoms. The Labute approximate surface area is 169 Å². The Morgan fingerprint density at radius 1 is 1.00 bits per heavy atom. The molecule has 2 aromatic carbocycles. The molecular formula is C21H20N2O5S. The van der Waals surface area contributed by atoms with E-state index in [-0.39, 0.29) is 17.0 Å². The van der Waals surface area contributed by atoms with E-state index in [4.69, 9.17) is 4.74 Å². The van der Waals surface area contributed by atoms with Gasteiger partial charge in [-0.25, -0.2) is 22.9 Å². The lowest BCUT2D eigenvalue weighted by Gasteiger charge is -2.10. The summed E-state index contributed by atoms with van der Waals surface area (Å²) >= 11 is 0. The number of methoxy groups -OCH3 is 1. The predicted molar refractivity (Wildman–Crippen MR) is 107 cm³/mol. The molecule has 0 spiro atoms. The highest BCUT2D eigenvalue weighted by Crippen LogP contribution is 2.15. The Balaban J connectivity index is 1.65. The highest BCUT2D eigenvalue weighted by atomic mass is 32.2. The quantitative estimate of drug-likeness (QED) is 0.572. The van der Waals surface area contributed by atoms with Crippen LogP contribution in [0.4, 0.5) is 0 Å². The molecule has 0 aliphatic heterocycles. The minimum atomic E-state index is -3.81. The molecule has 0 amide bonds. The molecule has 1 heterocycles. The van der Waals surface area contributed by atoms with Gasteiger partial charge in [0.1, 0.15) is 6.61 Å². The first kappa shape index (κ1) is 20.5. The maximum absolute atomic E-state index is 12.6. The van der Waals surface area contributed by atoms with E-state index in [0.717, 1.165) is 5.56 Å². The Morgan fingerprint density at radius 2 is 1.79 bits per heavy atom. The van der Waals surface area contributed by atoms with E-state index in [1.54, 1.807) is 18.3 Å². The molecule has 0 saturated heterocycles. The lowest BCUT2D eigenvalue weighted by atomic mass is 10.2. The Kier molecular flexibility index (Phi) is 6.58. The second-order valence-corrected chi connectivity index (χ2v) is 7.89. The number of hydrogen-bond acceptors (Lipinski definition) is 6. The summed E-state index contributed by atoms with van der Waals surface area (Å²) in [4.78, 5) is 15.7. The number of hydrogen-bond donors (Lipinski definition) is 1. The highest BCUT2D eigenvalue weighted by molar-refractivity contribution is 7.89. The molecule has 0 atom stereocenters. The van der Waals surface area contributed by atoms with E-state index in [0.29, 0.717) is 18.1 Å². The molecule has 0 radical (unpaired) electrons. The molecular weight excluding hydrogens is 392 g/mol. The molecule has 8 heteroatoms. The molecule has 3 aromatic rings. The van der Waals surface area contributed by atoms with Crippen molar-refractivity contribution in [2.45, 2.75) is 18.0 Å². The number of carbonyl (C=O) groups excluding carboxylic acids is 1. The zero-order valence-electron chi connectivity index (χ0n) is 15.7. The number of carbonyl (C=O) groups is 1. The molecule has 0 fully saturated rings. The number of ether oxygens (including phenoxy) is 2. The second-order valence-electron chi connectivity index (χ2n) is 6.12. The summed E-state index contributed by atoms with van der Waals surface area (Å²) in [6, 6.07) is 18.7. The molecule has 1 N–H and O–H groups in total. The zero-order valence-corrected chi connectivity index (χ0v) is 16.6. The molecule has 0 aliphatic rings. The van der Waals surface area contributed by atoms with Crippen LogP contribution in [0.1, 0.15) is 21.5 Å². The Bertz CT molecular complexity index is 1080. The molecule has 0 saturated carbocycles. The van der Waals surface area contributed by atoms with Crippen molar-refractivity contribution in [1.82, 2.24) is 9.71 Å². The van der Waals surface area contributed by atoms with Gasteiger partial charge in [0.2, 0.25) is 15.9 Å². The third-order valence-electron chi connectivity index (χ3n) is 4.06. The summed E-state index contributed by atoms with van der Waals surface area (Å²) in [5.41, 5.74) is 1.86. The topological polar surface area (TPSA) is 94.6 Å². The molecule has 7 nitrogen and oxygen atoms in total. The number of rotatable bonds is 8. The molecule has 3 rings (SSSR count). The normalized spacial score (nSPS) is 11.1. The largest absolute Gasteiger partial charge is 0.473 e. The van der Waals surface area contributed by atoms with Crippen LogP contribution < -0.4 is 9.46 Å². The van der Waals surface area contributed by atoms with Crippen molar-refractivity contribution in [3.8, 4) is 5.88 Å². The van der Waals surface area contributed by atoms with Crippen molar-refractivity contribution in [2.24, 2.45) is 0 Å². The van der Waals surface area contributed by atoms with Gasteiger partial charge in [-0.1, -0.05) is 36.4 Å². The van der Waals surface area contributed by atoms with Crippen molar-refractivity contribution < 1.29 is 22.7 Å². The zero-order chi connectivity index (χ0) is 20.7. The number of nitrogens with one attached hydrogen (secondary N) is 1. The van der Waals surface area contributed by atoms with Crippen LogP contribution in [0.15, 0.2) is 77.8 Å². The van der Waals surface area contributed by atoms with E-state index in [9.17, 15) is 13.2 Å². The first-order valence-corrected chi connectivity index (χ1v) is 10.3. The summed E-state index contributed by atoms with van der Waals surface area (Å²) in [5.74, 6) is -0.199. The third-order valence-corrected chi connectivity index (χ3v) is 5.46. The average molecular weight is 412 g/mol. The van der Waals surface area contributed by atoms with Gasteiger partial charge >= 0.3 is 5.97 Å². The van der Waals surface area contributed by atoms with Gasteiger partial charge in [-0.05, 0) is 35.4 Å². The van der Waals surface area contributed by atoms with Crippen LogP contribution in [0, 0.1) is 0 Å². The first-order chi connectivity index (χ1) is 14.0. The van der Waals surface area contributed by atoms with Crippen LogP contribution in [-0.2, 0) is 27.9 Å². The number of aromatic nitrogens is 1. The lowest BCUT2D eigenvalue weighted by Crippen LogP contribution is -2.23. The van der Waals surface area contributed by atoms with Crippen LogP contribution in [0.25, 0.3) is 0 Å². The number of pyridine rings is 1. The van der Waals surface area contributed by atoms with Crippen LogP contribution in [0.3, 0.4) is 0 Å². The summed E-state index contributed by atoms with van der Waals surface area (Å²) in [5, 5.41) is 0. The Hall–Kier alpha value is -3.23. The molecule has 0 bridgehead atoms. The number of benzene rings is 2. The number of esters is 1. The van der Waals surface area contributed by atoms with Crippen molar-refractivity contribution in [2.75, 3.05) is 7.11 Å². The van der Waals surface area contributed by atoms with E-state index in [1.807, 2.05) is 30.3 Å². The molecule has 0 aliphatic carbocycles. The summed E-state index contributed by atoms with van der Waals surface area (Å²) in [7, 11) is -2.57. The first-order valence-electron chi connectivity index (χ1n) is 8.77. The number of nitrogens with zero attached hydrogens (tertiary/aromatic N) is 1. The standard InChI is InChI=1S/C21H20N2O5S/c1-27-21(24)18-8-5-9-19(13-18)29(25,26)23-14-17-10-11-22-20(12-17)28-15-16-6-3-2-4-7-16/h2-13,23H,14-15H2,1H3. The van der Waals surface area contributed by atoms with Gasteiger partial charge in [0.15, 0.2) is 0 Å². The second kappa shape index (κ2) is 9.31. The van der Waals surface area contributed by atoms with Crippen molar-refractivity contribution in [3.63, 3.8) is 0 Å². The van der Waals surface area contributed by atoms with E-state index in [1.165, 1.54) is 31.4 Å². The monoisotopic (exact) mass is 412 g/mol. The fourth-order valence-electron chi connectivity index (χ4n) is 2.54. The van der Waals surface area contributed by atoms with Gasteiger partial charge in [-0.15, -0.1) is 0 Å². The van der Waals surface area contributed by atoms with Gasteiger partial charge in [0, 0.05) is 18.8 Å². The summed E-state index contributed by atoms with van der Waals surface area (Å²) in [6.07, 6.45) is 1.56. The Morgan fingerprint density at radius 3 is 2.55 bits per heavy atom. The maximum Gasteiger partial charge on any atom is 0.337 e. The SMILES string of the molecule is COC(=O)c1cccc(S(=O)(=O)NCc2ccnc(OCc3ccccc3)c2)c1. The molecule has 150 valence electrons. The van der Waals surface area contributed by atoms with Gasteiger partial charge in [-0.2, -0.15) is 0 Å². The van der Waals surface area contributed by atoms with Crippen molar-refractivity contribution in [3.05, 3.63) is 89.6 Å². The van der Waals surface area contributed by atoms with Crippen molar-refractivity contribution >= 4 is 16.0 Å². The number of sulfonamides is 1. The van der Waals surface area contributed by atoms with Crippen LogP contribution >= 0.6 is 0 Å². The van der Waals surface area contributed by atoms with Gasteiger partial charge in [0.05, 0.1) is 17.6 Å². The van der Waals surface area contributed by atoms with E-state index in [2.05, 4.69) is 14.4 Å². The van der Waals surface area contributed by atoms with Crippen LogP contribution in [-0.4, -0.2) is 26.5 Å². The highest BCUT2D eigenvalue weighted by Gasteiger charge is 2.16. The van der Waals surface area contributed by atoms with Gasteiger partial charge in [-0.3, -0.25) is 0 Å². The van der Waals surface area contributed by atoms with Gasteiger partial charge < -0.3 is 9.47 Å². The third kappa shape index (κ3) is 5.63. The summed E-state index contributed by atoms with van der Waals surface area (Å²) < 4.78 is 37.9. The fraction of sp³-hybridized carbons (Fsp3) is 0.143. The fourth-order valence-corrected chi connectivity index (χ4v) is 3.60. The maximum atomic E-state index is 12.6. The smallest absolute Gasteiger partial charge is 0.337 e. The summed E-state index contributed by atoms with van der Waals surface area (Å²) in [6.45, 7) is 0.415. The van der Waals surface area contributed by atoms with Crippen LogP contribution in [0.2, 0.25) is 0 Å².